The number of benzene rings is 1. The van der Waals surface area contributed by atoms with E-state index >= 15 is 0 Å². The molecule has 1 aromatic carbocycles. The highest BCUT2D eigenvalue weighted by molar-refractivity contribution is 8.01. The summed E-state index contributed by atoms with van der Waals surface area (Å²) in [6.45, 7) is 3.49. The molecule has 1 heterocycles. The molecule has 1 aromatic heterocycles. The van der Waals surface area contributed by atoms with Gasteiger partial charge in [-0.25, -0.2) is 4.79 Å². The number of carbonyl (C=O) groups excluding carboxylic acids is 3. The van der Waals surface area contributed by atoms with E-state index in [0.717, 1.165) is 17.3 Å². The molecule has 0 bridgehead atoms. The summed E-state index contributed by atoms with van der Waals surface area (Å²) in [6, 6.07) is 8.17. The lowest BCUT2D eigenvalue weighted by Gasteiger charge is -2.10. The van der Waals surface area contributed by atoms with Crippen LogP contribution in [0.25, 0.3) is 0 Å². The number of aryl methyl sites for hydroxylation is 1. The Bertz CT molecular complexity index is 802. The number of hydrogen-bond acceptors (Lipinski definition) is 8. The normalized spacial score (nSPS) is 11.5. The first-order valence-electron chi connectivity index (χ1n) is 8.07. The molecular formula is C18H20N2O6S. The minimum atomic E-state index is -0.464. The Kier molecular flexibility index (Phi) is 7.42. The summed E-state index contributed by atoms with van der Waals surface area (Å²) >= 11 is 1.16. The first-order valence-corrected chi connectivity index (χ1v) is 9.12. The van der Waals surface area contributed by atoms with Crippen LogP contribution < -0.4 is 5.32 Å². The first kappa shape index (κ1) is 20.5. The number of nitrogens with zero attached hydrogens (tertiary/aromatic N) is 1. The molecule has 0 aliphatic heterocycles. The van der Waals surface area contributed by atoms with E-state index < -0.39 is 17.2 Å². The minimum absolute atomic E-state index is 0.0344. The maximum absolute atomic E-state index is 12.0. The zero-order chi connectivity index (χ0) is 19.8. The molecule has 0 fully saturated rings. The monoisotopic (exact) mass is 392 g/mol. The van der Waals surface area contributed by atoms with Crippen LogP contribution in [0.3, 0.4) is 0 Å². The molecule has 0 spiro atoms. The SMILES string of the molecule is COC(=O)c1ccc(COC(=O)CS[C@@H](C)C(=O)Nc2cc(C)on2)cc1. The van der Waals surface area contributed by atoms with E-state index in [0.29, 0.717) is 17.1 Å². The Morgan fingerprint density at radius 1 is 1.26 bits per heavy atom. The number of nitrogens with one attached hydrogen (secondary N) is 1. The van der Waals surface area contributed by atoms with Crippen molar-refractivity contribution in [2.75, 3.05) is 18.2 Å². The van der Waals surface area contributed by atoms with E-state index in [9.17, 15) is 14.4 Å². The van der Waals surface area contributed by atoms with Gasteiger partial charge >= 0.3 is 11.9 Å². The molecule has 27 heavy (non-hydrogen) atoms. The van der Waals surface area contributed by atoms with E-state index in [-0.39, 0.29) is 18.3 Å². The van der Waals surface area contributed by atoms with Crippen molar-refractivity contribution in [2.24, 2.45) is 0 Å². The van der Waals surface area contributed by atoms with Gasteiger partial charge in [0.1, 0.15) is 12.4 Å². The van der Waals surface area contributed by atoms with Gasteiger partial charge in [0.15, 0.2) is 5.82 Å². The number of thioether (sulfide) groups is 1. The van der Waals surface area contributed by atoms with Crippen molar-refractivity contribution < 1.29 is 28.4 Å². The van der Waals surface area contributed by atoms with E-state index in [1.807, 2.05) is 0 Å². The van der Waals surface area contributed by atoms with Crippen LogP contribution in [-0.2, 0) is 25.7 Å². The molecule has 9 heteroatoms. The molecule has 8 nitrogen and oxygen atoms in total. The van der Waals surface area contributed by atoms with Crippen LogP contribution in [0.5, 0.6) is 0 Å². The fraction of sp³-hybridized carbons (Fsp3) is 0.333. The molecule has 144 valence electrons. The van der Waals surface area contributed by atoms with Gasteiger partial charge in [-0.05, 0) is 31.5 Å². The Hall–Kier alpha value is -2.81. The lowest BCUT2D eigenvalue weighted by atomic mass is 10.1. The lowest BCUT2D eigenvalue weighted by Crippen LogP contribution is -2.24. The van der Waals surface area contributed by atoms with Crippen LogP contribution in [0.1, 0.15) is 28.6 Å². The van der Waals surface area contributed by atoms with Crippen molar-refractivity contribution in [1.29, 1.82) is 0 Å². The molecule has 1 N–H and O–H groups in total. The quantitative estimate of drug-likeness (QED) is 0.683. The Balaban J connectivity index is 1.72. The molecule has 1 amide bonds. The third-order valence-electron chi connectivity index (χ3n) is 3.47. The molecule has 0 radical (unpaired) electrons. The zero-order valence-corrected chi connectivity index (χ0v) is 16.0. The number of methoxy groups -OCH3 is 1. The number of rotatable bonds is 8. The van der Waals surface area contributed by atoms with Crippen molar-refractivity contribution in [2.45, 2.75) is 25.7 Å². The van der Waals surface area contributed by atoms with Crippen molar-refractivity contribution in [3.05, 3.63) is 47.2 Å². The number of amides is 1. The number of carbonyl (C=O) groups is 3. The van der Waals surface area contributed by atoms with Gasteiger partial charge in [0.25, 0.3) is 0 Å². The van der Waals surface area contributed by atoms with Gasteiger partial charge in [0.2, 0.25) is 5.91 Å². The van der Waals surface area contributed by atoms with Crippen LogP contribution in [-0.4, -0.2) is 41.1 Å². The number of esters is 2. The number of ether oxygens (including phenoxy) is 2. The molecule has 0 unspecified atom stereocenters. The third-order valence-corrected chi connectivity index (χ3v) is 4.59. The Labute approximate surface area is 160 Å². The number of anilines is 1. The molecule has 2 aromatic rings. The van der Waals surface area contributed by atoms with Crippen molar-refractivity contribution in [3.63, 3.8) is 0 Å². The fourth-order valence-corrected chi connectivity index (χ4v) is 2.66. The van der Waals surface area contributed by atoms with Crippen molar-refractivity contribution in [3.8, 4) is 0 Å². The van der Waals surface area contributed by atoms with Gasteiger partial charge in [-0.1, -0.05) is 17.3 Å². The summed E-state index contributed by atoms with van der Waals surface area (Å²) in [5.41, 5.74) is 1.17. The maximum Gasteiger partial charge on any atom is 0.337 e. The topological polar surface area (TPSA) is 108 Å². The minimum Gasteiger partial charge on any atom is -0.465 e. The summed E-state index contributed by atoms with van der Waals surface area (Å²) in [4.78, 5) is 35.2. The predicted octanol–water partition coefficient (Wildman–Crippen LogP) is 2.57. The highest BCUT2D eigenvalue weighted by atomic mass is 32.2. The molecule has 1 atom stereocenters. The van der Waals surface area contributed by atoms with Crippen molar-refractivity contribution in [1.82, 2.24) is 5.16 Å². The third kappa shape index (κ3) is 6.45. The van der Waals surface area contributed by atoms with Crippen LogP contribution >= 0.6 is 11.8 Å². The lowest BCUT2D eigenvalue weighted by molar-refractivity contribution is -0.141. The molecular weight excluding hydrogens is 372 g/mol. The van der Waals surface area contributed by atoms with E-state index in [4.69, 9.17) is 9.26 Å². The van der Waals surface area contributed by atoms with Crippen LogP contribution in [0.2, 0.25) is 0 Å². The summed E-state index contributed by atoms with van der Waals surface area (Å²) in [7, 11) is 1.31. The second-order valence-corrected chi connectivity index (χ2v) is 6.94. The summed E-state index contributed by atoms with van der Waals surface area (Å²) in [5, 5.41) is 5.83. The van der Waals surface area contributed by atoms with Gasteiger partial charge in [-0.2, -0.15) is 0 Å². The largest absolute Gasteiger partial charge is 0.465 e. The smallest absolute Gasteiger partial charge is 0.337 e. The van der Waals surface area contributed by atoms with Crippen LogP contribution in [0.15, 0.2) is 34.9 Å². The van der Waals surface area contributed by atoms with Crippen LogP contribution in [0, 0.1) is 6.92 Å². The Morgan fingerprint density at radius 2 is 1.96 bits per heavy atom. The molecule has 0 aliphatic carbocycles. The average molecular weight is 392 g/mol. The van der Waals surface area contributed by atoms with E-state index in [2.05, 4.69) is 15.2 Å². The van der Waals surface area contributed by atoms with E-state index in [1.165, 1.54) is 7.11 Å². The summed E-state index contributed by atoms with van der Waals surface area (Å²) in [6.07, 6.45) is 0. The zero-order valence-electron chi connectivity index (χ0n) is 15.2. The van der Waals surface area contributed by atoms with Crippen molar-refractivity contribution >= 4 is 35.4 Å². The first-order chi connectivity index (χ1) is 12.9. The highest BCUT2D eigenvalue weighted by Gasteiger charge is 2.17. The van der Waals surface area contributed by atoms with Gasteiger partial charge in [0, 0.05) is 6.07 Å². The van der Waals surface area contributed by atoms with Gasteiger partial charge < -0.3 is 19.3 Å². The summed E-state index contributed by atoms with van der Waals surface area (Å²) < 4.78 is 14.7. The Morgan fingerprint density at radius 3 is 2.56 bits per heavy atom. The highest BCUT2D eigenvalue weighted by Crippen LogP contribution is 2.15. The molecule has 0 saturated carbocycles. The number of aromatic nitrogens is 1. The second-order valence-electron chi connectivity index (χ2n) is 5.61. The van der Waals surface area contributed by atoms with Gasteiger partial charge in [0.05, 0.1) is 23.7 Å². The second kappa shape index (κ2) is 9.77. The molecule has 0 aliphatic rings. The summed E-state index contributed by atoms with van der Waals surface area (Å²) in [5.74, 6) is -0.180. The average Bonchev–Trinajstić information content (AvgIpc) is 3.08. The maximum atomic E-state index is 12.0. The standard InChI is InChI=1S/C18H20N2O6S/c1-11-8-15(20-26-11)19-17(22)12(2)27-10-16(21)25-9-13-4-6-14(7-5-13)18(23)24-3/h4-8,12H,9-10H2,1-3H3,(H,19,20,22)/t12-/m0/s1. The fourth-order valence-electron chi connectivity index (χ4n) is 1.98. The number of hydrogen-bond donors (Lipinski definition) is 1. The molecule has 2 rings (SSSR count). The van der Waals surface area contributed by atoms with Crippen LogP contribution in [0.4, 0.5) is 5.82 Å². The van der Waals surface area contributed by atoms with Gasteiger partial charge in [-0.15, -0.1) is 11.8 Å². The molecule has 0 saturated heterocycles. The predicted molar refractivity (Wildman–Crippen MR) is 99.4 cm³/mol. The van der Waals surface area contributed by atoms with E-state index in [1.54, 1.807) is 44.2 Å². The van der Waals surface area contributed by atoms with Gasteiger partial charge in [-0.3, -0.25) is 9.59 Å².